The Bertz CT molecular complexity index is 584. The van der Waals surface area contributed by atoms with Crippen LogP contribution in [0.1, 0.15) is 11.3 Å². The zero-order chi connectivity index (χ0) is 13.8. The van der Waals surface area contributed by atoms with E-state index in [4.69, 9.17) is 4.74 Å². The molecule has 100 valence electrons. The van der Waals surface area contributed by atoms with E-state index in [1.807, 2.05) is 38.1 Å². The molecule has 2 rings (SSSR count). The zero-order valence-corrected chi connectivity index (χ0v) is 11.6. The fourth-order valence-electron chi connectivity index (χ4n) is 1.79. The first-order valence-corrected chi connectivity index (χ1v) is 6.07. The molecule has 5 nitrogen and oxygen atoms in total. The highest BCUT2D eigenvalue weighted by Crippen LogP contribution is 2.24. The third-order valence-electron chi connectivity index (χ3n) is 2.77. The fourth-order valence-corrected chi connectivity index (χ4v) is 1.79. The van der Waals surface area contributed by atoms with Gasteiger partial charge in [-0.2, -0.15) is 4.98 Å². The van der Waals surface area contributed by atoms with Crippen LogP contribution >= 0.6 is 0 Å². The zero-order valence-electron chi connectivity index (χ0n) is 11.6. The first kappa shape index (κ1) is 13.1. The lowest BCUT2D eigenvalue weighted by Gasteiger charge is -2.11. The van der Waals surface area contributed by atoms with Gasteiger partial charge in [0.15, 0.2) is 0 Å². The minimum atomic E-state index is 0.605. The molecule has 0 saturated carbocycles. The number of nitrogens with zero attached hydrogens (tertiary/aromatic N) is 2. The van der Waals surface area contributed by atoms with Crippen LogP contribution in [0.15, 0.2) is 24.3 Å². The highest BCUT2D eigenvalue weighted by molar-refractivity contribution is 5.62. The van der Waals surface area contributed by atoms with E-state index in [1.165, 1.54) is 0 Å². The molecule has 0 aliphatic heterocycles. The van der Waals surface area contributed by atoms with Crippen molar-refractivity contribution in [1.82, 2.24) is 9.97 Å². The highest BCUT2D eigenvalue weighted by Gasteiger charge is 2.04. The molecule has 1 aromatic carbocycles. The van der Waals surface area contributed by atoms with Gasteiger partial charge in [0.2, 0.25) is 5.95 Å². The first-order chi connectivity index (χ1) is 9.12. The number of nitrogens with one attached hydrogen (secondary N) is 2. The Labute approximate surface area is 113 Å². The Balaban J connectivity index is 2.28. The van der Waals surface area contributed by atoms with Crippen molar-refractivity contribution in [3.8, 4) is 5.75 Å². The van der Waals surface area contributed by atoms with Crippen molar-refractivity contribution in [2.75, 3.05) is 24.8 Å². The van der Waals surface area contributed by atoms with E-state index in [0.29, 0.717) is 5.95 Å². The summed E-state index contributed by atoms with van der Waals surface area (Å²) in [6, 6.07) is 7.78. The normalized spacial score (nSPS) is 10.1. The average Bonchev–Trinajstić information content (AvgIpc) is 2.40. The number of methoxy groups -OCH3 is 1. The molecule has 2 aromatic rings. The third-order valence-corrected chi connectivity index (χ3v) is 2.77. The summed E-state index contributed by atoms with van der Waals surface area (Å²) in [5.41, 5.74) is 3.01. The van der Waals surface area contributed by atoms with E-state index >= 15 is 0 Å². The van der Waals surface area contributed by atoms with Gasteiger partial charge in [-0.1, -0.05) is 0 Å². The summed E-state index contributed by atoms with van der Waals surface area (Å²) in [6.45, 7) is 3.96. The van der Waals surface area contributed by atoms with Crippen LogP contribution in [0.3, 0.4) is 0 Å². The molecule has 0 fully saturated rings. The molecule has 0 atom stereocenters. The molecular weight excluding hydrogens is 240 g/mol. The number of rotatable bonds is 4. The first-order valence-electron chi connectivity index (χ1n) is 6.07. The van der Waals surface area contributed by atoms with Gasteiger partial charge >= 0.3 is 0 Å². The van der Waals surface area contributed by atoms with Crippen molar-refractivity contribution >= 4 is 17.5 Å². The smallest absolute Gasteiger partial charge is 0.224 e. The van der Waals surface area contributed by atoms with Crippen LogP contribution in [-0.2, 0) is 0 Å². The second-order valence-corrected chi connectivity index (χ2v) is 4.27. The van der Waals surface area contributed by atoms with Crippen molar-refractivity contribution in [3.05, 3.63) is 35.5 Å². The molecule has 0 aliphatic rings. The van der Waals surface area contributed by atoms with Crippen LogP contribution in [0, 0.1) is 13.8 Å². The highest BCUT2D eigenvalue weighted by atomic mass is 16.5. The van der Waals surface area contributed by atoms with Gasteiger partial charge < -0.3 is 15.4 Å². The third kappa shape index (κ3) is 3.13. The number of hydrogen-bond acceptors (Lipinski definition) is 5. The summed E-state index contributed by atoms with van der Waals surface area (Å²) < 4.78 is 5.19. The summed E-state index contributed by atoms with van der Waals surface area (Å²) in [5.74, 6) is 2.22. The topological polar surface area (TPSA) is 59.1 Å². The van der Waals surface area contributed by atoms with Crippen molar-refractivity contribution in [3.63, 3.8) is 0 Å². The molecule has 1 aromatic heterocycles. The number of anilines is 3. The van der Waals surface area contributed by atoms with Crippen LogP contribution < -0.4 is 15.4 Å². The van der Waals surface area contributed by atoms with E-state index < -0.39 is 0 Å². The molecule has 0 amide bonds. The second-order valence-electron chi connectivity index (χ2n) is 4.27. The maximum atomic E-state index is 5.19. The van der Waals surface area contributed by atoms with Gasteiger partial charge in [-0.05, 0) is 37.6 Å². The van der Waals surface area contributed by atoms with Gasteiger partial charge in [0.25, 0.3) is 0 Å². The minimum absolute atomic E-state index is 0.605. The predicted molar refractivity (Wildman–Crippen MR) is 77.3 cm³/mol. The van der Waals surface area contributed by atoms with Gasteiger partial charge in [-0.25, -0.2) is 4.98 Å². The Morgan fingerprint density at radius 2 is 1.89 bits per heavy atom. The molecule has 0 bridgehead atoms. The molecule has 1 heterocycles. The SMILES string of the molecule is CNc1nc(C)cc(Nc2ccc(OC)cc2C)n1. The van der Waals surface area contributed by atoms with Crippen molar-refractivity contribution in [2.24, 2.45) is 0 Å². The van der Waals surface area contributed by atoms with E-state index in [-0.39, 0.29) is 0 Å². The molecule has 0 radical (unpaired) electrons. The summed E-state index contributed by atoms with van der Waals surface area (Å²) in [7, 11) is 3.46. The Morgan fingerprint density at radius 3 is 2.53 bits per heavy atom. The molecule has 5 heteroatoms. The summed E-state index contributed by atoms with van der Waals surface area (Å²) in [5, 5.41) is 6.24. The van der Waals surface area contributed by atoms with E-state index in [1.54, 1.807) is 14.2 Å². The summed E-state index contributed by atoms with van der Waals surface area (Å²) >= 11 is 0. The largest absolute Gasteiger partial charge is 0.497 e. The van der Waals surface area contributed by atoms with Crippen molar-refractivity contribution in [2.45, 2.75) is 13.8 Å². The number of aromatic nitrogens is 2. The lowest BCUT2D eigenvalue weighted by molar-refractivity contribution is 0.414. The second kappa shape index (κ2) is 5.56. The molecule has 0 aliphatic carbocycles. The number of hydrogen-bond donors (Lipinski definition) is 2. The molecule has 0 spiro atoms. The average molecular weight is 258 g/mol. The van der Waals surface area contributed by atoms with E-state index in [2.05, 4.69) is 20.6 Å². The lowest BCUT2D eigenvalue weighted by atomic mass is 10.2. The van der Waals surface area contributed by atoms with Gasteiger partial charge in [0.1, 0.15) is 11.6 Å². The minimum Gasteiger partial charge on any atom is -0.497 e. The van der Waals surface area contributed by atoms with E-state index in [0.717, 1.165) is 28.5 Å². The van der Waals surface area contributed by atoms with Gasteiger partial charge in [-0.3, -0.25) is 0 Å². The van der Waals surface area contributed by atoms with Crippen molar-refractivity contribution in [1.29, 1.82) is 0 Å². The Kier molecular flexibility index (Phi) is 3.85. The van der Waals surface area contributed by atoms with Gasteiger partial charge in [-0.15, -0.1) is 0 Å². The van der Waals surface area contributed by atoms with Crippen molar-refractivity contribution < 1.29 is 4.74 Å². The standard InChI is InChI=1S/C14H18N4O/c1-9-7-11(19-4)5-6-12(9)17-13-8-10(2)16-14(15-3)18-13/h5-8H,1-4H3,(H2,15,16,17,18). The molecular formula is C14H18N4O. The van der Waals surface area contributed by atoms with Crippen LogP contribution in [0.5, 0.6) is 5.75 Å². The Morgan fingerprint density at radius 1 is 1.11 bits per heavy atom. The van der Waals surface area contributed by atoms with Crippen LogP contribution in [0.4, 0.5) is 17.5 Å². The molecule has 19 heavy (non-hydrogen) atoms. The Hall–Kier alpha value is -2.30. The van der Waals surface area contributed by atoms with E-state index in [9.17, 15) is 0 Å². The fraction of sp³-hybridized carbons (Fsp3) is 0.286. The maximum absolute atomic E-state index is 5.19. The maximum Gasteiger partial charge on any atom is 0.224 e. The summed E-state index contributed by atoms with van der Waals surface area (Å²) in [4.78, 5) is 8.63. The quantitative estimate of drug-likeness (QED) is 0.883. The molecule has 0 unspecified atom stereocenters. The molecule has 2 N–H and O–H groups in total. The number of benzene rings is 1. The van der Waals surface area contributed by atoms with Crippen LogP contribution in [-0.4, -0.2) is 24.1 Å². The van der Waals surface area contributed by atoms with Crippen LogP contribution in [0.2, 0.25) is 0 Å². The van der Waals surface area contributed by atoms with Gasteiger partial charge in [0, 0.05) is 24.5 Å². The summed E-state index contributed by atoms with van der Waals surface area (Å²) in [6.07, 6.45) is 0. The van der Waals surface area contributed by atoms with Crippen LogP contribution in [0.25, 0.3) is 0 Å². The monoisotopic (exact) mass is 258 g/mol. The molecule has 0 saturated heterocycles. The van der Waals surface area contributed by atoms with Gasteiger partial charge in [0.05, 0.1) is 7.11 Å². The predicted octanol–water partition coefficient (Wildman–Crippen LogP) is 2.89. The number of aryl methyl sites for hydroxylation is 2. The lowest BCUT2D eigenvalue weighted by Crippen LogP contribution is -2.02. The number of ether oxygens (including phenoxy) is 1.